The van der Waals surface area contributed by atoms with E-state index in [9.17, 15) is 19.8 Å². The summed E-state index contributed by atoms with van der Waals surface area (Å²) in [5.74, 6) is -1.88. The molecule has 0 aromatic carbocycles. The Balaban J connectivity index is 2.51. The van der Waals surface area contributed by atoms with Gasteiger partial charge in [-0.05, 0) is 45.8 Å². The average Bonchev–Trinajstić information content (AvgIpc) is 2.83. The molecule has 0 bridgehead atoms. The topological polar surface area (TPSA) is 93.1 Å². The first-order valence-electron chi connectivity index (χ1n) is 8.61. The first-order valence-corrected chi connectivity index (χ1v) is 8.61. The van der Waals surface area contributed by atoms with Gasteiger partial charge in [-0.2, -0.15) is 0 Å². The second-order valence-corrected chi connectivity index (χ2v) is 6.90. The van der Waals surface area contributed by atoms with E-state index in [1.54, 1.807) is 32.9 Å². The number of allylic oxidation sites excluding steroid dienone is 1. The van der Waals surface area contributed by atoms with Gasteiger partial charge in [0, 0.05) is 11.1 Å². The van der Waals surface area contributed by atoms with Crippen molar-refractivity contribution in [3.8, 4) is 0 Å². The molecule has 1 heterocycles. The van der Waals surface area contributed by atoms with Gasteiger partial charge in [-0.15, -0.1) is 0 Å². The minimum Gasteiger partial charge on any atom is -0.455 e. The van der Waals surface area contributed by atoms with Crippen LogP contribution in [0.15, 0.2) is 47.1 Å². The fourth-order valence-electron chi connectivity index (χ4n) is 3.20. The molecule has 0 radical (unpaired) electrons. The molecule has 1 saturated heterocycles. The Labute approximate surface area is 153 Å². The number of aliphatic hydroxyl groups is 2. The molecule has 0 amide bonds. The Morgan fingerprint density at radius 3 is 2.62 bits per heavy atom. The van der Waals surface area contributed by atoms with E-state index in [0.717, 1.165) is 5.57 Å². The van der Waals surface area contributed by atoms with Crippen LogP contribution in [0.5, 0.6) is 0 Å². The summed E-state index contributed by atoms with van der Waals surface area (Å²) >= 11 is 0. The lowest BCUT2D eigenvalue weighted by Crippen LogP contribution is -2.43. The molecule has 2 N–H and O–H groups in total. The SMILES string of the molecule is C=C1C(=O)O[C@@H]2/C=C(/C)C[C@H](O)/C=C(/C)[C@@H](O)[C@H](OC(=O)/C(C)=C/C)[C@H]12. The molecule has 0 unspecified atom stereocenters. The van der Waals surface area contributed by atoms with E-state index in [1.165, 1.54) is 6.08 Å². The van der Waals surface area contributed by atoms with Crippen LogP contribution in [0.4, 0.5) is 0 Å². The second-order valence-electron chi connectivity index (χ2n) is 6.90. The smallest absolute Gasteiger partial charge is 0.334 e. The lowest BCUT2D eigenvalue weighted by atomic mass is 9.83. The van der Waals surface area contributed by atoms with Gasteiger partial charge in [-0.25, -0.2) is 9.59 Å². The van der Waals surface area contributed by atoms with E-state index < -0.39 is 42.3 Å². The van der Waals surface area contributed by atoms with Crippen LogP contribution in [-0.4, -0.2) is 46.6 Å². The molecule has 142 valence electrons. The monoisotopic (exact) mass is 362 g/mol. The molecule has 2 rings (SSSR count). The molecule has 1 aliphatic heterocycles. The normalized spacial score (nSPS) is 37.0. The maximum absolute atomic E-state index is 12.3. The molecule has 0 aromatic heterocycles. The first-order chi connectivity index (χ1) is 12.1. The van der Waals surface area contributed by atoms with Crippen LogP contribution in [0.25, 0.3) is 0 Å². The Bertz CT molecular complexity index is 699. The summed E-state index contributed by atoms with van der Waals surface area (Å²) in [6.07, 6.45) is 1.42. The van der Waals surface area contributed by atoms with Gasteiger partial charge in [-0.1, -0.05) is 24.3 Å². The zero-order chi connectivity index (χ0) is 19.6. The fourth-order valence-corrected chi connectivity index (χ4v) is 3.20. The highest BCUT2D eigenvalue weighted by atomic mass is 16.6. The van der Waals surface area contributed by atoms with Crippen molar-refractivity contribution in [3.05, 3.63) is 47.1 Å². The minimum absolute atomic E-state index is 0.156. The van der Waals surface area contributed by atoms with Crippen molar-refractivity contribution in [3.63, 3.8) is 0 Å². The summed E-state index contributed by atoms with van der Waals surface area (Å²) in [6.45, 7) is 10.6. The van der Waals surface area contributed by atoms with Crippen molar-refractivity contribution >= 4 is 11.9 Å². The van der Waals surface area contributed by atoms with E-state index in [2.05, 4.69) is 6.58 Å². The van der Waals surface area contributed by atoms with Gasteiger partial charge < -0.3 is 19.7 Å². The Morgan fingerprint density at radius 2 is 2.00 bits per heavy atom. The van der Waals surface area contributed by atoms with Crippen molar-refractivity contribution in [2.24, 2.45) is 5.92 Å². The maximum atomic E-state index is 12.3. The van der Waals surface area contributed by atoms with E-state index >= 15 is 0 Å². The van der Waals surface area contributed by atoms with Gasteiger partial charge in [0.2, 0.25) is 0 Å². The van der Waals surface area contributed by atoms with Crippen LogP contribution in [0.1, 0.15) is 34.1 Å². The van der Waals surface area contributed by atoms with Crippen molar-refractivity contribution in [1.82, 2.24) is 0 Å². The van der Waals surface area contributed by atoms with E-state index in [0.29, 0.717) is 17.6 Å². The molecule has 6 heteroatoms. The van der Waals surface area contributed by atoms with Crippen LogP contribution in [-0.2, 0) is 19.1 Å². The van der Waals surface area contributed by atoms with Gasteiger partial charge >= 0.3 is 11.9 Å². The van der Waals surface area contributed by atoms with E-state index in [-0.39, 0.29) is 5.57 Å². The third kappa shape index (κ3) is 4.14. The number of rotatable bonds is 2. The zero-order valence-electron chi connectivity index (χ0n) is 15.6. The fraction of sp³-hybridized carbons (Fsp3) is 0.500. The molecular weight excluding hydrogens is 336 g/mol. The van der Waals surface area contributed by atoms with Gasteiger partial charge in [0.15, 0.2) is 0 Å². The van der Waals surface area contributed by atoms with Crippen molar-refractivity contribution < 1.29 is 29.3 Å². The Morgan fingerprint density at radius 1 is 1.35 bits per heavy atom. The summed E-state index contributed by atoms with van der Waals surface area (Å²) in [6, 6.07) is 0. The van der Waals surface area contributed by atoms with Crippen LogP contribution >= 0.6 is 0 Å². The lowest BCUT2D eigenvalue weighted by molar-refractivity contribution is -0.153. The van der Waals surface area contributed by atoms with Crippen molar-refractivity contribution in [1.29, 1.82) is 0 Å². The number of carbonyl (C=O) groups is 2. The summed E-state index contributed by atoms with van der Waals surface area (Å²) in [4.78, 5) is 24.4. The molecule has 0 saturated carbocycles. The highest BCUT2D eigenvalue weighted by molar-refractivity contribution is 5.92. The number of hydrogen-bond acceptors (Lipinski definition) is 6. The summed E-state index contributed by atoms with van der Waals surface area (Å²) in [7, 11) is 0. The highest BCUT2D eigenvalue weighted by Crippen LogP contribution is 2.36. The molecule has 26 heavy (non-hydrogen) atoms. The highest BCUT2D eigenvalue weighted by Gasteiger charge is 2.47. The average molecular weight is 362 g/mol. The van der Waals surface area contributed by atoms with Crippen LogP contribution < -0.4 is 0 Å². The largest absolute Gasteiger partial charge is 0.455 e. The third-order valence-corrected chi connectivity index (χ3v) is 4.83. The predicted octanol–water partition coefficient (Wildman–Crippen LogP) is 1.98. The Kier molecular flexibility index (Phi) is 6.21. The number of aliphatic hydroxyl groups excluding tert-OH is 2. The molecule has 2 aliphatic rings. The van der Waals surface area contributed by atoms with Gasteiger partial charge in [0.25, 0.3) is 0 Å². The molecule has 0 spiro atoms. The van der Waals surface area contributed by atoms with Gasteiger partial charge in [-0.3, -0.25) is 0 Å². The maximum Gasteiger partial charge on any atom is 0.334 e. The molecular formula is C20H26O6. The Hall–Kier alpha value is -2.18. The third-order valence-electron chi connectivity index (χ3n) is 4.83. The zero-order valence-corrected chi connectivity index (χ0v) is 15.6. The number of carbonyl (C=O) groups excluding carboxylic acids is 2. The molecule has 1 aliphatic carbocycles. The van der Waals surface area contributed by atoms with Crippen molar-refractivity contribution in [2.75, 3.05) is 0 Å². The summed E-state index contributed by atoms with van der Waals surface area (Å²) < 4.78 is 10.9. The van der Waals surface area contributed by atoms with Gasteiger partial charge in [0.05, 0.1) is 12.0 Å². The molecule has 5 atom stereocenters. The summed E-state index contributed by atoms with van der Waals surface area (Å²) in [5, 5.41) is 21.0. The van der Waals surface area contributed by atoms with Crippen molar-refractivity contribution in [2.45, 2.75) is 58.5 Å². The predicted molar refractivity (Wildman–Crippen MR) is 96.0 cm³/mol. The van der Waals surface area contributed by atoms with E-state index in [1.807, 2.05) is 6.92 Å². The quantitative estimate of drug-likeness (QED) is 0.443. The van der Waals surface area contributed by atoms with Crippen LogP contribution in [0.3, 0.4) is 0 Å². The number of fused-ring (bicyclic) bond motifs is 1. The second kappa shape index (κ2) is 8.01. The van der Waals surface area contributed by atoms with Gasteiger partial charge in [0.1, 0.15) is 18.3 Å². The molecule has 1 fully saturated rings. The van der Waals surface area contributed by atoms with Crippen LogP contribution in [0.2, 0.25) is 0 Å². The standard InChI is InChI=1S/C20H26O6/c1-6-11(3)19(23)26-18-16-13(5)20(24)25-15(16)8-10(2)7-14(21)9-12(4)17(18)22/h6,8-9,14-18,21-22H,5,7H2,1-4H3/b10-8-,11-6+,12-9-/t14-,15+,16+,17+,18+/m0/s1. The molecule has 6 nitrogen and oxygen atoms in total. The minimum atomic E-state index is -1.20. The number of esters is 2. The molecule has 0 aromatic rings. The number of ether oxygens (including phenoxy) is 2. The van der Waals surface area contributed by atoms with E-state index in [4.69, 9.17) is 9.47 Å². The summed E-state index contributed by atoms with van der Waals surface area (Å²) in [5.41, 5.74) is 1.82. The lowest BCUT2D eigenvalue weighted by Gasteiger charge is -2.31. The first kappa shape index (κ1) is 20.1. The number of hydrogen-bond donors (Lipinski definition) is 2. The van der Waals surface area contributed by atoms with Crippen LogP contribution in [0, 0.1) is 5.92 Å².